The van der Waals surface area contributed by atoms with E-state index in [0.29, 0.717) is 17.8 Å². The third kappa shape index (κ3) is 5.12. The molecule has 1 aliphatic rings. The van der Waals surface area contributed by atoms with E-state index in [-0.39, 0.29) is 13.0 Å². The summed E-state index contributed by atoms with van der Waals surface area (Å²) in [6.07, 6.45) is -0.552. The van der Waals surface area contributed by atoms with Crippen molar-refractivity contribution in [3.8, 4) is 5.75 Å². The summed E-state index contributed by atoms with van der Waals surface area (Å²) in [4.78, 5) is 11.7. The number of carbonyl (C=O) groups is 1. The predicted octanol–water partition coefficient (Wildman–Crippen LogP) is 0.906. The van der Waals surface area contributed by atoms with Gasteiger partial charge in [-0.2, -0.15) is 0 Å². The van der Waals surface area contributed by atoms with E-state index < -0.39 is 24.5 Å². The molecule has 8 heteroatoms. The first kappa shape index (κ1) is 18.6. The van der Waals surface area contributed by atoms with E-state index in [0.717, 1.165) is 5.56 Å². The number of rotatable bonds is 5. The van der Waals surface area contributed by atoms with Crippen molar-refractivity contribution in [3.63, 3.8) is 0 Å². The van der Waals surface area contributed by atoms with Crippen LogP contribution in [0.5, 0.6) is 5.75 Å². The summed E-state index contributed by atoms with van der Waals surface area (Å²) < 4.78 is 15.9. The van der Waals surface area contributed by atoms with Crippen molar-refractivity contribution in [3.05, 3.63) is 23.8 Å². The normalized spacial score (nSPS) is 16.3. The summed E-state index contributed by atoms with van der Waals surface area (Å²) >= 11 is 0. The number of alkyl carbamates (subject to hydrolysis) is 1. The van der Waals surface area contributed by atoms with Gasteiger partial charge in [0, 0.05) is 11.9 Å². The largest absolute Gasteiger partial charge is 0.495 e. The maximum atomic E-state index is 11.7. The SMILES string of the molecule is CC(O)(CCOc1cccc2c1B(O)OC2)NC(=O)OC(C)(C)C. The minimum atomic E-state index is -1.48. The van der Waals surface area contributed by atoms with Gasteiger partial charge in [-0.05, 0) is 39.3 Å². The van der Waals surface area contributed by atoms with E-state index in [4.69, 9.17) is 14.1 Å². The lowest BCUT2D eigenvalue weighted by Gasteiger charge is -2.27. The summed E-state index contributed by atoms with van der Waals surface area (Å²) in [5.41, 5.74) is -0.636. The summed E-state index contributed by atoms with van der Waals surface area (Å²) in [5, 5.41) is 22.5. The fraction of sp³-hybridized carbons (Fsp3) is 0.562. The third-order valence-corrected chi connectivity index (χ3v) is 3.42. The zero-order chi connectivity index (χ0) is 18.0. The van der Waals surface area contributed by atoms with Gasteiger partial charge < -0.3 is 24.3 Å². The molecular weight excluding hydrogens is 313 g/mol. The van der Waals surface area contributed by atoms with Crippen LogP contribution in [0.1, 0.15) is 39.7 Å². The Kier molecular flexibility index (Phi) is 5.42. The highest BCUT2D eigenvalue weighted by atomic mass is 16.6. The molecule has 0 saturated carbocycles. The molecule has 0 aliphatic carbocycles. The average Bonchev–Trinajstić information content (AvgIpc) is 2.78. The predicted molar refractivity (Wildman–Crippen MR) is 88.9 cm³/mol. The van der Waals surface area contributed by atoms with Crippen LogP contribution in [-0.2, 0) is 16.0 Å². The summed E-state index contributed by atoms with van der Waals surface area (Å²) in [6.45, 7) is 7.18. The average molecular weight is 337 g/mol. The van der Waals surface area contributed by atoms with Gasteiger partial charge in [0.2, 0.25) is 0 Å². The Morgan fingerprint density at radius 2 is 2.08 bits per heavy atom. The van der Waals surface area contributed by atoms with Crippen molar-refractivity contribution in [2.75, 3.05) is 6.61 Å². The second kappa shape index (κ2) is 7.00. The van der Waals surface area contributed by atoms with E-state index in [2.05, 4.69) is 5.32 Å². The Morgan fingerprint density at radius 3 is 2.75 bits per heavy atom. The van der Waals surface area contributed by atoms with Crippen molar-refractivity contribution in [1.82, 2.24) is 5.32 Å². The number of nitrogens with one attached hydrogen (secondary N) is 1. The highest BCUT2D eigenvalue weighted by molar-refractivity contribution is 6.62. The summed E-state index contributed by atoms with van der Waals surface area (Å²) in [7, 11) is -1.00. The Hall–Kier alpha value is -1.77. The second-order valence-corrected chi connectivity index (χ2v) is 6.99. The molecule has 0 bridgehead atoms. The van der Waals surface area contributed by atoms with Gasteiger partial charge >= 0.3 is 13.2 Å². The highest BCUT2D eigenvalue weighted by Gasteiger charge is 2.31. The van der Waals surface area contributed by atoms with Crippen LogP contribution in [0.3, 0.4) is 0 Å². The lowest BCUT2D eigenvalue weighted by molar-refractivity contribution is -0.0135. The van der Waals surface area contributed by atoms with Gasteiger partial charge in [-0.3, -0.25) is 5.32 Å². The van der Waals surface area contributed by atoms with Crippen LogP contribution >= 0.6 is 0 Å². The molecule has 1 heterocycles. The molecule has 1 aromatic carbocycles. The van der Waals surface area contributed by atoms with Crippen molar-refractivity contribution >= 4 is 18.7 Å². The zero-order valence-corrected chi connectivity index (χ0v) is 14.5. The van der Waals surface area contributed by atoms with Crippen molar-refractivity contribution in [2.24, 2.45) is 0 Å². The molecule has 3 N–H and O–H groups in total. The molecule has 1 aliphatic heterocycles. The molecule has 7 nitrogen and oxygen atoms in total. The van der Waals surface area contributed by atoms with Gasteiger partial charge in [-0.25, -0.2) is 4.79 Å². The third-order valence-electron chi connectivity index (χ3n) is 3.42. The Labute approximate surface area is 142 Å². The number of fused-ring (bicyclic) bond motifs is 1. The lowest BCUT2D eigenvalue weighted by Crippen LogP contribution is -2.48. The number of benzene rings is 1. The Balaban J connectivity index is 1.88. The molecule has 0 saturated heterocycles. The quantitative estimate of drug-likeness (QED) is 0.546. The Morgan fingerprint density at radius 1 is 1.38 bits per heavy atom. The van der Waals surface area contributed by atoms with E-state index in [1.165, 1.54) is 6.92 Å². The fourth-order valence-corrected chi connectivity index (χ4v) is 2.32. The molecule has 24 heavy (non-hydrogen) atoms. The minimum absolute atomic E-state index is 0.145. The van der Waals surface area contributed by atoms with Gasteiger partial charge in [0.05, 0.1) is 13.2 Å². The number of amides is 1. The lowest BCUT2D eigenvalue weighted by atomic mass is 9.79. The first-order valence-corrected chi connectivity index (χ1v) is 7.85. The van der Waals surface area contributed by atoms with Crippen molar-refractivity contribution in [2.45, 2.75) is 52.0 Å². The molecule has 1 unspecified atom stereocenters. The van der Waals surface area contributed by atoms with Gasteiger partial charge in [0.1, 0.15) is 17.1 Å². The van der Waals surface area contributed by atoms with Crippen LogP contribution in [0.25, 0.3) is 0 Å². The minimum Gasteiger partial charge on any atom is -0.494 e. The maximum absolute atomic E-state index is 11.7. The first-order valence-electron chi connectivity index (χ1n) is 7.85. The molecule has 2 rings (SSSR count). The monoisotopic (exact) mass is 337 g/mol. The van der Waals surface area contributed by atoms with Crippen LogP contribution in [0.2, 0.25) is 0 Å². The molecule has 1 amide bonds. The molecule has 0 spiro atoms. The molecule has 132 valence electrons. The summed E-state index contributed by atoms with van der Waals surface area (Å²) in [5.74, 6) is 0.505. The van der Waals surface area contributed by atoms with Crippen LogP contribution in [0.4, 0.5) is 4.79 Å². The molecular formula is C16H24BNO6. The summed E-state index contributed by atoms with van der Waals surface area (Å²) in [6, 6.07) is 5.40. The van der Waals surface area contributed by atoms with Gasteiger partial charge in [-0.15, -0.1) is 0 Å². The number of carbonyl (C=O) groups excluding carboxylic acids is 1. The van der Waals surface area contributed by atoms with Crippen LogP contribution < -0.4 is 15.5 Å². The van der Waals surface area contributed by atoms with Gasteiger partial charge in [-0.1, -0.05) is 12.1 Å². The molecule has 0 radical (unpaired) electrons. The molecule has 0 aromatic heterocycles. The fourth-order valence-electron chi connectivity index (χ4n) is 2.32. The van der Waals surface area contributed by atoms with Gasteiger partial charge in [0.15, 0.2) is 0 Å². The number of hydrogen-bond acceptors (Lipinski definition) is 6. The Bertz CT molecular complexity index is 599. The van der Waals surface area contributed by atoms with Crippen molar-refractivity contribution < 1.29 is 29.1 Å². The molecule has 1 atom stereocenters. The maximum Gasteiger partial charge on any atom is 0.495 e. The number of hydrogen-bond donors (Lipinski definition) is 3. The van der Waals surface area contributed by atoms with E-state index in [1.54, 1.807) is 26.8 Å². The van der Waals surface area contributed by atoms with E-state index in [1.807, 2.05) is 12.1 Å². The molecule has 0 fully saturated rings. The van der Waals surface area contributed by atoms with Gasteiger partial charge in [0.25, 0.3) is 0 Å². The second-order valence-electron chi connectivity index (χ2n) is 6.99. The standard InChI is InChI=1S/C16H24BNO6/c1-15(2,3)24-14(19)18-16(4,20)8-9-22-12-7-5-6-11-10-23-17(21)13(11)12/h5-7,20-21H,8-10H2,1-4H3,(H,18,19). The zero-order valence-electron chi connectivity index (χ0n) is 14.5. The highest BCUT2D eigenvalue weighted by Crippen LogP contribution is 2.19. The van der Waals surface area contributed by atoms with E-state index in [9.17, 15) is 14.9 Å². The van der Waals surface area contributed by atoms with Crippen LogP contribution in [-0.4, -0.2) is 41.3 Å². The van der Waals surface area contributed by atoms with Crippen molar-refractivity contribution in [1.29, 1.82) is 0 Å². The smallest absolute Gasteiger partial charge is 0.494 e. The first-order chi connectivity index (χ1) is 11.1. The molecule has 1 aromatic rings. The number of ether oxygens (including phenoxy) is 2. The van der Waals surface area contributed by atoms with Crippen LogP contribution in [0, 0.1) is 0 Å². The number of aliphatic hydroxyl groups is 1. The van der Waals surface area contributed by atoms with E-state index >= 15 is 0 Å². The topological polar surface area (TPSA) is 97.3 Å². The van der Waals surface area contributed by atoms with Crippen LogP contribution in [0.15, 0.2) is 18.2 Å².